The second-order valence-electron chi connectivity index (χ2n) is 2.87. The third kappa shape index (κ3) is 2.98. The Morgan fingerprint density at radius 2 is 2.07 bits per heavy atom. The second kappa shape index (κ2) is 4.35. The fourth-order valence-electron chi connectivity index (χ4n) is 0.981. The summed E-state index contributed by atoms with van der Waals surface area (Å²) in [6.07, 6.45) is -3.49. The zero-order valence-electron chi connectivity index (χ0n) is 7.80. The third-order valence-electron chi connectivity index (χ3n) is 1.69. The van der Waals surface area contributed by atoms with Crippen LogP contribution < -0.4 is 16.8 Å². The molecule has 0 fully saturated rings. The maximum atomic E-state index is 12.3. The molecular formula is C8H11F3N4. The second-order valence-corrected chi connectivity index (χ2v) is 2.87. The van der Waals surface area contributed by atoms with Gasteiger partial charge in [-0.15, -0.1) is 0 Å². The van der Waals surface area contributed by atoms with E-state index in [2.05, 4.69) is 10.3 Å². The summed E-state index contributed by atoms with van der Waals surface area (Å²) in [5.74, 6) is 0. The van der Waals surface area contributed by atoms with Crippen LogP contribution in [0.4, 0.5) is 24.5 Å². The molecule has 0 aromatic carbocycles. The first-order valence-corrected chi connectivity index (χ1v) is 4.22. The molecule has 0 aliphatic carbocycles. The molecule has 7 heteroatoms. The van der Waals surface area contributed by atoms with Crippen LogP contribution in [0.2, 0.25) is 0 Å². The van der Waals surface area contributed by atoms with Crippen molar-refractivity contribution in [1.29, 1.82) is 0 Å². The Hall–Kier alpha value is -1.50. The molecule has 0 atom stereocenters. The van der Waals surface area contributed by atoms with Crippen LogP contribution in [0.1, 0.15) is 5.69 Å². The molecule has 1 aromatic heterocycles. The number of hydrogen-bond acceptors (Lipinski definition) is 4. The van der Waals surface area contributed by atoms with Gasteiger partial charge in [-0.2, -0.15) is 13.2 Å². The first kappa shape index (κ1) is 11.6. The van der Waals surface area contributed by atoms with E-state index in [9.17, 15) is 13.2 Å². The van der Waals surface area contributed by atoms with Crippen molar-refractivity contribution in [3.63, 3.8) is 0 Å². The number of hydrogen-bond donors (Lipinski definition) is 3. The molecule has 15 heavy (non-hydrogen) atoms. The van der Waals surface area contributed by atoms with E-state index in [4.69, 9.17) is 11.5 Å². The largest absolute Gasteiger partial charge is 0.433 e. The van der Waals surface area contributed by atoms with Crippen LogP contribution in [0.5, 0.6) is 0 Å². The van der Waals surface area contributed by atoms with E-state index < -0.39 is 11.9 Å². The molecular weight excluding hydrogens is 209 g/mol. The van der Waals surface area contributed by atoms with Crippen molar-refractivity contribution in [3.8, 4) is 0 Å². The van der Waals surface area contributed by atoms with Crippen molar-refractivity contribution in [1.82, 2.24) is 4.98 Å². The summed E-state index contributed by atoms with van der Waals surface area (Å²) in [6.45, 7) is 0.661. The number of anilines is 2. The SMILES string of the molecule is NCCNc1cc(C(F)(F)F)ncc1N. The van der Waals surface area contributed by atoms with Crippen LogP contribution in [0.15, 0.2) is 12.3 Å². The van der Waals surface area contributed by atoms with Gasteiger partial charge in [0.15, 0.2) is 0 Å². The zero-order valence-corrected chi connectivity index (χ0v) is 7.80. The van der Waals surface area contributed by atoms with Crippen molar-refractivity contribution in [2.24, 2.45) is 5.73 Å². The molecule has 1 heterocycles. The lowest BCUT2D eigenvalue weighted by molar-refractivity contribution is -0.141. The summed E-state index contributed by atoms with van der Waals surface area (Å²) < 4.78 is 36.8. The van der Waals surface area contributed by atoms with Gasteiger partial charge in [0.1, 0.15) is 5.69 Å². The van der Waals surface area contributed by atoms with E-state index in [0.29, 0.717) is 13.1 Å². The molecule has 0 spiro atoms. The van der Waals surface area contributed by atoms with Crippen LogP contribution >= 0.6 is 0 Å². The van der Waals surface area contributed by atoms with Gasteiger partial charge in [-0.3, -0.25) is 0 Å². The number of nitrogens with two attached hydrogens (primary N) is 2. The molecule has 1 aromatic rings. The molecule has 5 N–H and O–H groups in total. The van der Waals surface area contributed by atoms with E-state index in [1.54, 1.807) is 0 Å². The van der Waals surface area contributed by atoms with Crippen molar-refractivity contribution in [3.05, 3.63) is 18.0 Å². The van der Waals surface area contributed by atoms with Gasteiger partial charge in [0.25, 0.3) is 0 Å². The standard InChI is InChI=1S/C8H11F3N4/c9-8(10,11)7-3-6(14-2-1-12)5(13)4-15-7/h3-4H,1-2,12-13H2,(H,14,15). The number of halogens is 3. The summed E-state index contributed by atoms with van der Waals surface area (Å²) in [5, 5.41) is 2.69. The average Bonchev–Trinajstić information content (AvgIpc) is 2.15. The third-order valence-corrected chi connectivity index (χ3v) is 1.69. The first-order valence-electron chi connectivity index (χ1n) is 4.22. The Morgan fingerprint density at radius 1 is 1.40 bits per heavy atom. The minimum atomic E-state index is -4.47. The minimum Gasteiger partial charge on any atom is -0.396 e. The monoisotopic (exact) mass is 220 g/mol. The molecule has 0 saturated heterocycles. The van der Waals surface area contributed by atoms with E-state index in [0.717, 1.165) is 12.3 Å². The lowest BCUT2D eigenvalue weighted by atomic mass is 10.2. The number of nitrogens with one attached hydrogen (secondary N) is 1. The number of rotatable bonds is 3. The fraction of sp³-hybridized carbons (Fsp3) is 0.375. The molecule has 0 amide bonds. The normalized spacial score (nSPS) is 11.5. The highest BCUT2D eigenvalue weighted by molar-refractivity contribution is 5.65. The molecule has 0 saturated carbocycles. The topological polar surface area (TPSA) is 77.0 Å². The quantitative estimate of drug-likeness (QED) is 0.711. The Bertz CT molecular complexity index is 337. The van der Waals surface area contributed by atoms with Crippen molar-refractivity contribution < 1.29 is 13.2 Å². The predicted molar refractivity (Wildman–Crippen MR) is 51.2 cm³/mol. The van der Waals surface area contributed by atoms with Crippen LogP contribution in [0, 0.1) is 0 Å². The summed E-state index contributed by atoms with van der Waals surface area (Å²) in [4.78, 5) is 3.20. The smallest absolute Gasteiger partial charge is 0.396 e. The van der Waals surface area contributed by atoms with Gasteiger partial charge in [-0.1, -0.05) is 0 Å². The molecule has 0 radical (unpaired) electrons. The Kier molecular flexibility index (Phi) is 3.35. The Balaban J connectivity index is 2.95. The first-order chi connectivity index (χ1) is 6.95. The van der Waals surface area contributed by atoms with Gasteiger partial charge < -0.3 is 16.8 Å². The highest BCUT2D eigenvalue weighted by Crippen LogP contribution is 2.30. The van der Waals surface area contributed by atoms with Gasteiger partial charge in [0, 0.05) is 13.1 Å². The van der Waals surface area contributed by atoms with Crippen molar-refractivity contribution in [2.75, 3.05) is 24.1 Å². The molecule has 0 aliphatic rings. The lowest BCUT2D eigenvalue weighted by Gasteiger charge is -2.11. The number of nitrogen functional groups attached to an aromatic ring is 1. The fourth-order valence-corrected chi connectivity index (χ4v) is 0.981. The van der Waals surface area contributed by atoms with Crippen LogP contribution in [0.25, 0.3) is 0 Å². The zero-order chi connectivity index (χ0) is 11.5. The minimum absolute atomic E-state index is 0.163. The molecule has 0 unspecified atom stereocenters. The highest BCUT2D eigenvalue weighted by atomic mass is 19.4. The highest BCUT2D eigenvalue weighted by Gasteiger charge is 2.32. The average molecular weight is 220 g/mol. The number of nitrogens with zero attached hydrogens (tertiary/aromatic N) is 1. The van der Waals surface area contributed by atoms with Crippen LogP contribution in [-0.2, 0) is 6.18 Å². The van der Waals surface area contributed by atoms with Crippen LogP contribution in [-0.4, -0.2) is 18.1 Å². The summed E-state index contributed by atoms with van der Waals surface area (Å²) in [5.41, 5.74) is 10.0. The van der Waals surface area contributed by atoms with E-state index in [1.807, 2.05) is 0 Å². The molecule has 4 nitrogen and oxygen atoms in total. The summed E-state index contributed by atoms with van der Waals surface area (Å²) in [7, 11) is 0. The van der Waals surface area contributed by atoms with Gasteiger partial charge in [0.2, 0.25) is 0 Å². The van der Waals surface area contributed by atoms with E-state index in [1.165, 1.54) is 0 Å². The molecule has 0 bridgehead atoms. The number of aromatic nitrogens is 1. The van der Waals surface area contributed by atoms with E-state index in [-0.39, 0.29) is 11.4 Å². The molecule has 84 valence electrons. The van der Waals surface area contributed by atoms with E-state index >= 15 is 0 Å². The van der Waals surface area contributed by atoms with Gasteiger partial charge in [-0.05, 0) is 6.07 Å². The number of alkyl halides is 3. The van der Waals surface area contributed by atoms with Crippen molar-refractivity contribution in [2.45, 2.75) is 6.18 Å². The molecule has 0 aliphatic heterocycles. The summed E-state index contributed by atoms with van der Waals surface area (Å²) >= 11 is 0. The van der Waals surface area contributed by atoms with Gasteiger partial charge in [-0.25, -0.2) is 4.98 Å². The van der Waals surface area contributed by atoms with Crippen molar-refractivity contribution >= 4 is 11.4 Å². The van der Waals surface area contributed by atoms with Gasteiger partial charge >= 0.3 is 6.18 Å². The Labute approximate surface area is 84.5 Å². The number of pyridine rings is 1. The van der Waals surface area contributed by atoms with Crippen LogP contribution in [0.3, 0.4) is 0 Å². The molecule has 1 rings (SSSR count). The predicted octanol–water partition coefficient (Wildman–Crippen LogP) is 1.05. The summed E-state index contributed by atoms with van der Waals surface area (Å²) in [6, 6.07) is 0.866. The maximum absolute atomic E-state index is 12.3. The lowest BCUT2D eigenvalue weighted by Crippen LogP contribution is -2.15. The maximum Gasteiger partial charge on any atom is 0.433 e. The Morgan fingerprint density at radius 3 is 2.60 bits per heavy atom. The van der Waals surface area contributed by atoms with Gasteiger partial charge in [0.05, 0.1) is 17.6 Å².